The van der Waals surface area contributed by atoms with Gasteiger partial charge >= 0.3 is 0 Å². The van der Waals surface area contributed by atoms with E-state index in [0.717, 1.165) is 30.0 Å². The van der Waals surface area contributed by atoms with Crippen molar-refractivity contribution in [1.82, 2.24) is 19.7 Å². The minimum absolute atomic E-state index is 0.564. The zero-order valence-electron chi connectivity index (χ0n) is 11.1. The lowest BCUT2D eigenvalue weighted by atomic mass is 10.2. The molecule has 18 heavy (non-hydrogen) atoms. The summed E-state index contributed by atoms with van der Waals surface area (Å²) in [5, 5.41) is 8.35. The van der Waals surface area contributed by atoms with Crippen LogP contribution in [0.25, 0.3) is 11.0 Å². The van der Waals surface area contributed by atoms with Crippen molar-refractivity contribution in [2.45, 2.75) is 13.8 Å². The van der Waals surface area contributed by atoms with Crippen LogP contribution in [0.5, 0.6) is 0 Å². The van der Waals surface area contributed by atoms with Gasteiger partial charge in [-0.15, -0.1) is 0 Å². The van der Waals surface area contributed by atoms with Crippen LogP contribution in [0.3, 0.4) is 0 Å². The molecule has 0 bridgehead atoms. The predicted molar refractivity (Wildman–Crippen MR) is 70.5 cm³/mol. The maximum absolute atomic E-state index is 5.51. The number of hydrogen-bond donors (Lipinski definition) is 1. The second-order valence-electron chi connectivity index (χ2n) is 4.62. The Balaban J connectivity index is 1.92. The number of anilines is 1. The van der Waals surface area contributed by atoms with Crippen molar-refractivity contribution in [2.24, 2.45) is 13.0 Å². The molecule has 0 saturated heterocycles. The van der Waals surface area contributed by atoms with Crippen molar-refractivity contribution in [1.29, 1.82) is 0 Å². The van der Waals surface area contributed by atoms with E-state index in [1.807, 2.05) is 7.05 Å². The van der Waals surface area contributed by atoms with Gasteiger partial charge < -0.3 is 10.1 Å². The number of nitrogens with one attached hydrogen (secondary N) is 1. The molecular weight excluding hydrogens is 230 g/mol. The molecule has 6 nitrogen and oxygen atoms in total. The Hall–Kier alpha value is -1.69. The topological polar surface area (TPSA) is 64.9 Å². The summed E-state index contributed by atoms with van der Waals surface area (Å²) >= 11 is 0. The maximum Gasteiger partial charge on any atom is 0.163 e. The predicted octanol–water partition coefficient (Wildman–Crippen LogP) is 1.45. The van der Waals surface area contributed by atoms with E-state index in [1.54, 1.807) is 17.2 Å². The lowest BCUT2D eigenvalue weighted by Gasteiger charge is -2.08. The maximum atomic E-state index is 5.51. The summed E-state index contributed by atoms with van der Waals surface area (Å²) in [4.78, 5) is 8.41. The number of ether oxygens (including phenoxy) is 1. The molecule has 0 atom stereocenters. The van der Waals surface area contributed by atoms with Crippen LogP contribution in [0.15, 0.2) is 12.5 Å². The first-order chi connectivity index (χ1) is 8.68. The first-order valence-electron chi connectivity index (χ1n) is 6.13. The highest BCUT2D eigenvalue weighted by atomic mass is 16.5. The lowest BCUT2D eigenvalue weighted by Crippen LogP contribution is -2.13. The minimum atomic E-state index is 0.564. The molecule has 2 rings (SSSR count). The third-order valence-electron chi connectivity index (χ3n) is 2.52. The van der Waals surface area contributed by atoms with Crippen molar-refractivity contribution in [2.75, 3.05) is 25.1 Å². The molecule has 0 aromatic carbocycles. The van der Waals surface area contributed by atoms with Crippen LogP contribution < -0.4 is 5.32 Å². The van der Waals surface area contributed by atoms with Crippen LogP contribution in [0.4, 0.5) is 5.82 Å². The first kappa shape index (κ1) is 12.8. The van der Waals surface area contributed by atoms with Gasteiger partial charge in [0.05, 0.1) is 18.2 Å². The second-order valence-corrected chi connectivity index (χ2v) is 4.62. The fourth-order valence-electron chi connectivity index (χ4n) is 1.66. The van der Waals surface area contributed by atoms with Crippen LogP contribution in [-0.4, -0.2) is 39.5 Å². The van der Waals surface area contributed by atoms with Gasteiger partial charge in [0.1, 0.15) is 12.1 Å². The van der Waals surface area contributed by atoms with Gasteiger partial charge in [0.15, 0.2) is 5.65 Å². The van der Waals surface area contributed by atoms with Crippen LogP contribution in [-0.2, 0) is 11.8 Å². The number of hydrogen-bond acceptors (Lipinski definition) is 5. The summed E-state index contributed by atoms with van der Waals surface area (Å²) in [5.41, 5.74) is 0.829. The Labute approximate surface area is 106 Å². The van der Waals surface area contributed by atoms with Gasteiger partial charge in [-0.1, -0.05) is 13.8 Å². The third kappa shape index (κ3) is 2.95. The smallest absolute Gasteiger partial charge is 0.163 e. The number of rotatable bonds is 6. The normalized spacial score (nSPS) is 11.3. The summed E-state index contributed by atoms with van der Waals surface area (Å²) in [6, 6.07) is 0. The Morgan fingerprint density at radius 2 is 2.22 bits per heavy atom. The van der Waals surface area contributed by atoms with Gasteiger partial charge in [0, 0.05) is 20.2 Å². The van der Waals surface area contributed by atoms with E-state index in [1.165, 1.54) is 0 Å². The molecule has 0 fully saturated rings. The quantitative estimate of drug-likeness (QED) is 0.785. The SMILES string of the molecule is CC(C)COCCNc1ncnc2c1cnn2C. The highest BCUT2D eigenvalue weighted by molar-refractivity contribution is 5.85. The Morgan fingerprint density at radius 3 is 3.00 bits per heavy atom. The standard InChI is InChI=1S/C12H19N5O/c1-9(2)7-18-5-4-13-11-10-6-16-17(3)12(10)15-8-14-11/h6,8-9H,4-5,7H2,1-3H3,(H,13,14,15). The average molecular weight is 249 g/mol. The average Bonchev–Trinajstić information content (AvgIpc) is 2.71. The fourth-order valence-corrected chi connectivity index (χ4v) is 1.66. The van der Waals surface area contributed by atoms with Crippen molar-refractivity contribution < 1.29 is 4.74 Å². The second kappa shape index (κ2) is 5.77. The summed E-state index contributed by atoms with van der Waals surface area (Å²) in [6.45, 7) is 6.46. The van der Waals surface area contributed by atoms with E-state index >= 15 is 0 Å². The van der Waals surface area contributed by atoms with Crippen LogP contribution in [0.1, 0.15) is 13.8 Å². The molecule has 0 aliphatic rings. The van der Waals surface area contributed by atoms with Crippen molar-refractivity contribution in [3.05, 3.63) is 12.5 Å². The van der Waals surface area contributed by atoms with Gasteiger partial charge in [-0.2, -0.15) is 5.10 Å². The van der Waals surface area contributed by atoms with E-state index in [-0.39, 0.29) is 0 Å². The summed E-state index contributed by atoms with van der Waals surface area (Å²) in [5.74, 6) is 1.37. The van der Waals surface area contributed by atoms with Crippen molar-refractivity contribution in [3.8, 4) is 0 Å². The van der Waals surface area contributed by atoms with E-state index in [4.69, 9.17) is 4.74 Å². The molecule has 0 amide bonds. The molecule has 0 spiro atoms. The molecule has 0 aliphatic carbocycles. The summed E-state index contributed by atoms with van der Waals surface area (Å²) in [6.07, 6.45) is 3.31. The monoisotopic (exact) mass is 249 g/mol. The molecule has 2 heterocycles. The fraction of sp³-hybridized carbons (Fsp3) is 0.583. The largest absolute Gasteiger partial charge is 0.379 e. The highest BCUT2D eigenvalue weighted by Crippen LogP contribution is 2.17. The zero-order valence-corrected chi connectivity index (χ0v) is 11.1. The van der Waals surface area contributed by atoms with Gasteiger partial charge in [-0.25, -0.2) is 9.97 Å². The molecule has 1 N–H and O–H groups in total. The molecule has 0 aliphatic heterocycles. The van der Waals surface area contributed by atoms with E-state index < -0.39 is 0 Å². The van der Waals surface area contributed by atoms with Gasteiger partial charge in [0.25, 0.3) is 0 Å². The van der Waals surface area contributed by atoms with Crippen molar-refractivity contribution >= 4 is 16.9 Å². The van der Waals surface area contributed by atoms with Crippen LogP contribution in [0, 0.1) is 5.92 Å². The molecule has 2 aromatic heterocycles. The van der Waals surface area contributed by atoms with Gasteiger partial charge in [0.2, 0.25) is 0 Å². The van der Waals surface area contributed by atoms with Crippen molar-refractivity contribution in [3.63, 3.8) is 0 Å². The minimum Gasteiger partial charge on any atom is -0.379 e. The number of fused-ring (bicyclic) bond motifs is 1. The zero-order chi connectivity index (χ0) is 13.0. The molecule has 98 valence electrons. The van der Waals surface area contributed by atoms with Crippen LogP contribution in [0.2, 0.25) is 0 Å². The molecule has 0 saturated carbocycles. The Bertz CT molecular complexity index is 508. The molecule has 0 unspecified atom stereocenters. The first-order valence-corrected chi connectivity index (χ1v) is 6.13. The van der Waals surface area contributed by atoms with E-state index in [0.29, 0.717) is 12.5 Å². The highest BCUT2D eigenvalue weighted by Gasteiger charge is 2.06. The Morgan fingerprint density at radius 1 is 1.39 bits per heavy atom. The number of nitrogens with zero attached hydrogens (tertiary/aromatic N) is 4. The van der Waals surface area contributed by atoms with Gasteiger partial charge in [-0.05, 0) is 5.92 Å². The molecule has 0 radical (unpaired) electrons. The Kier molecular flexibility index (Phi) is 4.09. The van der Waals surface area contributed by atoms with E-state index in [2.05, 4.69) is 34.2 Å². The molecule has 2 aromatic rings. The van der Waals surface area contributed by atoms with Crippen LogP contribution >= 0.6 is 0 Å². The molecular formula is C12H19N5O. The number of aryl methyl sites for hydroxylation is 1. The van der Waals surface area contributed by atoms with E-state index in [9.17, 15) is 0 Å². The third-order valence-corrected chi connectivity index (χ3v) is 2.52. The summed E-state index contributed by atoms with van der Waals surface area (Å²) < 4.78 is 7.24. The number of aromatic nitrogens is 4. The molecule has 6 heteroatoms. The van der Waals surface area contributed by atoms with Gasteiger partial charge in [-0.3, -0.25) is 4.68 Å². The lowest BCUT2D eigenvalue weighted by molar-refractivity contribution is 0.118. The summed E-state index contributed by atoms with van der Waals surface area (Å²) in [7, 11) is 1.87.